The smallest absolute Gasteiger partial charge is 0.254 e. The van der Waals surface area contributed by atoms with Crippen LogP contribution in [0.25, 0.3) is 10.8 Å². The highest BCUT2D eigenvalue weighted by Gasteiger charge is 2.67. The predicted octanol–water partition coefficient (Wildman–Crippen LogP) is 4.02. The van der Waals surface area contributed by atoms with Gasteiger partial charge >= 0.3 is 0 Å². The molecule has 2 aromatic carbocycles. The summed E-state index contributed by atoms with van der Waals surface area (Å²) in [5.41, 5.74) is 0.806. The molecule has 30 heavy (non-hydrogen) atoms. The highest BCUT2D eigenvalue weighted by molar-refractivity contribution is 6.08. The molecular formula is C25H24N2O3. The Morgan fingerprint density at radius 2 is 1.73 bits per heavy atom. The second-order valence-corrected chi connectivity index (χ2v) is 8.93. The van der Waals surface area contributed by atoms with E-state index in [2.05, 4.69) is 24.2 Å². The highest BCUT2D eigenvalue weighted by atomic mass is 16.5. The molecule has 0 unspecified atom stereocenters. The minimum Gasteiger partial charge on any atom is -0.493 e. The van der Waals surface area contributed by atoms with Gasteiger partial charge in [-0.15, -0.1) is 0 Å². The van der Waals surface area contributed by atoms with Gasteiger partial charge in [0.15, 0.2) is 0 Å². The number of imide groups is 1. The molecule has 0 N–H and O–H groups in total. The number of carbonyl (C=O) groups is 2. The van der Waals surface area contributed by atoms with E-state index in [1.165, 1.54) is 0 Å². The summed E-state index contributed by atoms with van der Waals surface area (Å²) in [5.74, 6) is 1.60. The van der Waals surface area contributed by atoms with Crippen LogP contribution in [0.2, 0.25) is 0 Å². The van der Waals surface area contributed by atoms with Crippen molar-refractivity contribution in [2.24, 2.45) is 40.6 Å². The normalized spacial score (nSPS) is 33.4. The van der Waals surface area contributed by atoms with Gasteiger partial charge in [-0.3, -0.25) is 9.59 Å². The van der Waals surface area contributed by atoms with Gasteiger partial charge in [-0.05, 0) is 53.4 Å². The van der Waals surface area contributed by atoms with Crippen LogP contribution in [0.15, 0.2) is 53.7 Å². The summed E-state index contributed by atoms with van der Waals surface area (Å²) >= 11 is 0. The molecule has 1 saturated heterocycles. The lowest BCUT2D eigenvalue weighted by atomic mass is 9.63. The quantitative estimate of drug-likeness (QED) is 0.433. The van der Waals surface area contributed by atoms with Gasteiger partial charge < -0.3 is 4.74 Å². The molecule has 152 valence electrons. The van der Waals surface area contributed by atoms with E-state index in [0.717, 1.165) is 39.9 Å². The van der Waals surface area contributed by atoms with Crippen LogP contribution in [0.5, 0.6) is 5.75 Å². The van der Waals surface area contributed by atoms with Crippen LogP contribution in [-0.4, -0.2) is 29.6 Å². The van der Waals surface area contributed by atoms with Crippen LogP contribution >= 0.6 is 0 Å². The van der Waals surface area contributed by atoms with Crippen molar-refractivity contribution in [3.63, 3.8) is 0 Å². The van der Waals surface area contributed by atoms with Crippen molar-refractivity contribution in [3.05, 3.63) is 54.1 Å². The van der Waals surface area contributed by atoms with Gasteiger partial charge in [0.05, 0.1) is 24.7 Å². The zero-order valence-electron chi connectivity index (χ0n) is 16.9. The molecule has 6 atom stereocenters. The maximum absolute atomic E-state index is 13.2. The summed E-state index contributed by atoms with van der Waals surface area (Å²) in [6.45, 7) is 2.66. The standard InChI is InChI=1S/C25H24N2O3/c1-2-11-30-21-10-7-14-5-3-4-6-15(14)20(21)13-26-27-24(28)22-16-8-9-17(19-12-18(16)19)23(22)25(27)29/h3-10,13,16-19,22-23H,2,11-12H2,1H3/b26-13-/t16-,17-,18-,19+,22+,23+/m0/s1. The van der Waals surface area contributed by atoms with Crippen LogP contribution in [0.1, 0.15) is 25.3 Å². The maximum atomic E-state index is 13.2. The molecule has 1 heterocycles. The monoisotopic (exact) mass is 400 g/mol. The number of carbonyl (C=O) groups excluding carboxylic acids is 2. The number of hydrogen-bond acceptors (Lipinski definition) is 4. The van der Waals surface area contributed by atoms with Crippen LogP contribution in [0.4, 0.5) is 0 Å². The topological polar surface area (TPSA) is 59.0 Å². The molecular weight excluding hydrogens is 376 g/mol. The largest absolute Gasteiger partial charge is 0.493 e. The van der Waals surface area contributed by atoms with Crippen LogP contribution in [-0.2, 0) is 9.59 Å². The first-order valence-electron chi connectivity index (χ1n) is 10.9. The minimum absolute atomic E-state index is 0.137. The number of hydrazone groups is 1. The Labute approximate surface area is 175 Å². The zero-order valence-corrected chi connectivity index (χ0v) is 16.9. The van der Waals surface area contributed by atoms with Crippen molar-refractivity contribution in [2.75, 3.05) is 6.61 Å². The van der Waals surface area contributed by atoms with Gasteiger partial charge in [-0.25, -0.2) is 0 Å². The van der Waals surface area contributed by atoms with Crippen molar-refractivity contribution in [2.45, 2.75) is 19.8 Å². The van der Waals surface area contributed by atoms with E-state index in [1.54, 1.807) is 6.21 Å². The number of allylic oxidation sites excluding steroid dienone is 2. The summed E-state index contributed by atoms with van der Waals surface area (Å²) < 4.78 is 5.93. The molecule has 2 bridgehead atoms. The minimum atomic E-state index is -0.225. The molecule has 7 rings (SSSR count). The summed E-state index contributed by atoms with van der Waals surface area (Å²) in [6.07, 6.45) is 8.05. The fourth-order valence-electron chi connectivity index (χ4n) is 5.92. The first-order chi connectivity index (χ1) is 14.7. The van der Waals surface area contributed by atoms with E-state index in [-0.39, 0.29) is 35.5 Å². The summed E-state index contributed by atoms with van der Waals surface area (Å²) in [4.78, 5) is 26.3. The SMILES string of the molecule is CCCOc1ccc2ccccc2c1/C=N\N1C(=O)[C@@H]2[C@H]3C=C[C@@H]([C@@H]4C[C@H]34)[C@H]2C1=O. The van der Waals surface area contributed by atoms with E-state index >= 15 is 0 Å². The Bertz CT molecular complexity index is 1080. The molecule has 2 amide bonds. The molecule has 1 aliphatic heterocycles. The Balaban J connectivity index is 1.36. The first kappa shape index (κ1) is 17.9. The second kappa shape index (κ2) is 6.53. The fraction of sp³-hybridized carbons (Fsp3) is 0.400. The number of ether oxygens (including phenoxy) is 1. The lowest BCUT2D eigenvalue weighted by Crippen LogP contribution is -2.40. The van der Waals surface area contributed by atoms with Gasteiger partial charge in [0, 0.05) is 5.56 Å². The van der Waals surface area contributed by atoms with E-state index in [1.807, 2.05) is 36.4 Å². The van der Waals surface area contributed by atoms with Gasteiger partial charge in [-0.1, -0.05) is 49.4 Å². The number of rotatable bonds is 5. The molecule has 0 spiro atoms. The number of hydrogen-bond donors (Lipinski definition) is 0. The van der Waals surface area contributed by atoms with Gasteiger partial charge in [0.1, 0.15) is 5.75 Å². The number of nitrogens with zero attached hydrogens (tertiary/aromatic N) is 2. The third-order valence-electron chi connectivity index (χ3n) is 7.33. The molecule has 5 aliphatic rings. The molecule has 3 fully saturated rings. The number of benzene rings is 2. The average molecular weight is 400 g/mol. The number of amides is 2. The molecule has 4 aliphatic carbocycles. The summed E-state index contributed by atoms with van der Waals surface area (Å²) in [7, 11) is 0. The van der Waals surface area contributed by atoms with Crippen molar-refractivity contribution >= 4 is 28.8 Å². The molecule has 2 saturated carbocycles. The Hall–Kier alpha value is -2.95. The van der Waals surface area contributed by atoms with Gasteiger partial charge in [0.2, 0.25) is 0 Å². The zero-order chi connectivity index (χ0) is 20.4. The predicted molar refractivity (Wildman–Crippen MR) is 114 cm³/mol. The number of fused-ring (bicyclic) bond motifs is 1. The summed E-state index contributed by atoms with van der Waals surface area (Å²) in [5, 5.41) is 7.64. The first-order valence-corrected chi connectivity index (χ1v) is 10.9. The molecule has 0 radical (unpaired) electrons. The fourth-order valence-corrected chi connectivity index (χ4v) is 5.92. The van der Waals surface area contributed by atoms with E-state index in [4.69, 9.17) is 4.74 Å². The van der Waals surface area contributed by atoms with E-state index in [9.17, 15) is 9.59 Å². The molecule has 5 heteroatoms. The molecule has 5 nitrogen and oxygen atoms in total. The van der Waals surface area contributed by atoms with Crippen LogP contribution in [0.3, 0.4) is 0 Å². The maximum Gasteiger partial charge on any atom is 0.254 e. The molecule has 2 aromatic rings. The van der Waals surface area contributed by atoms with Crippen LogP contribution in [0, 0.1) is 35.5 Å². The third kappa shape index (κ3) is 2.44. The Kier molecular flexibility index (Phi) is 3.89. The van der Waals surface area contributed by atoms with Crippen molar-refractivity contribution in [1.29, 1.82) is 0 Å². The van der Waals surface area contributed by atoms with Crippen molar-refractivity contribution in [1.82, 2.24) is 5.01 Å². The second-order valence-electron chi connectivity index (χ2n) is 8.93. The van der Waals surface area contributed by atoms with Gasteiger partial charge in [0.25, 0.3) is 11.8 Å². The molecule has 0 aromatic heterocycles. The lowest BCUT2D eigenvalue weighted by Gasteiger charge is -2.37. The van der Waals surface area contributed by atoms with Crippen molar-refractivity contribution < 1.29 is 14.3 Å². The average Bonchev–Trinajstić information content (AvgIpc) is 3.56. The van der Waals surface area contributed by atoms with E-state index in [0.29, 0.717) is 18.4 Å². The Morgan fingerprint density at radius 3 is 2.43 bits per heavy atom. The summed E-state index contributed by atoms with van der Waals surface area (Å²) in [6, 6.07) is 12.0. The Morgan fingerprint density at radius 1 is 1.03 bits per heavy atom. The van der Waals surface area contributed by atoms with Crippen molar-refractivity contribution in [3.8, 4) is 5.75 Å². The highest BCUT2D eigenvalue weighted by Crippen LogP contribution is 2.65. The van der Waals surface area contributed by atoms with E-state index < -0.39 is 0 Å². The third-order valence-corrected chi connectivity index (χ3v) is 7.33. The van der Waals surface area contributed by atoms with Gasteiger partial charge in [-0.2, -0.15) is 10.1 Å². The van der Waals surface area contributed by atoms with Crippen LogP contribution < -0.4 is 4.74 Å². The lowest BCUT2D eigenvalue weighted by molar-refractivity contribution is -0.140.